The lowest BCUT2D eigenvalue weighted by atomic mass is 9.97. The Morgan fingerprint density at radius 3 is 2.72 bits per heavy atom. The number of hydrogen-bond acceptors (Lipinski definition) is 2. The van der Waals surface area contributed by atoms with Crippen molar-refractivity contribution in [2.24, 2.45) is 11.7 Å². The van der Waals surface area contributed by atoms with E-state index in [4.69, 9.17) is 5.73 Å². The number of aromatic nitrogens is 1. The van der Waals surface area contributed by atoms with Gasteiger partial charge in [-0.2, -0.15) is 0 Å². The van der Waals surface area contributed by atoms with Crippen molar-refractivity contribution in [3.63, 3.8) is 0 Å². The highest BCUT2D eigenvalue weighted by molar-refractivity contribution is 5.76. The number of carbonyl (C=O) groups is 1. The zero-order valence-electron chi connectivity index (χ0n) is 10.3. The number of amides is 1. The van der Waals surface area contributed by atoms with Gasteiger partial charge in [0.25, 0.3) is 0 Å². The number of hydrogen-bond donors (Lipinski definition) is 1. The van der Waals surface area contributed by atoms with Gasteiger partial charge in [0.2, 0.25) is 5.91 Å². The number of primary amides is 1. The first kappa shape index (κ1) is 12.3. The van der Waals surface area contributed by atoms with E-state index in [-0.39, 0.29) is 11.8 Å². The van der Waals surface area contributed by atoms with Crippen LogP contribution in [0.4, 0.5) is 0 Å². The number of pyridine rings is 1. The molecule has 0 fully saturated rings. The largest absolute Gasteiger partial charge is 0.369 e. The molecule has 1 heterocycles. The Balaban J connectivity index is 2.23. The Morgan fingerprint density at radius 1 is 1.28 bits per heavy atom. The van der Waals surface area contributed by atoms with Crippen LogP contribution in [0.2, 0.25) is 0 Å². The normalized spacial score (nSPS) is 12.1. The van der Waals surface area contributed by atoms with Gasteiger partial charge in [-0.1, -0.05) is 37.3 Å². The number of nitrogens with two attached hydrogens (primary N) is 1. The van der Waals surface area contributed by atoms with Gasteiger partial charge in [-0.15, -0.1) is 0 Å². The van der Waals surface area contributed by atoms with Crippen molar-refractivity contribution in [2.75, 3.05) is 0 Å². The molecule has 1 aromatic heterocycles. The monoisotopic (exact) mass is 240 g/mol. The molecule has 0 spiro atoms. The van der Waals surface area contributed by atoms with Crippen molar-refractivity contribution in [3.05, 3.63) is 54.4 Å². The third kappa shape index (κ3) is 2.94. The van der Waals surface area contributed by atoms with Crippen molar-refractivity contribution in [1.82, 2.24) is 4.98 Å². The topological polar surface area (TPSA) is 56.0 Å². The molecule has 0 saturated carbocycles. The van der Waals surface area contributed by atoms with Gasteiger partial charge < -0.3 is 5.73 Å². The van der Waals surface area contributed by atoms with Crippen LogP contribution in [0.15, 0.2) is 48.8 Å². The lowest BCUT2D eigenvalue weighted by Crippen LogP contribution is -2.22. The van der Waals surface area contributed by atoms with E-state index >= 15 is 0 Å². The highest BCUT2D eigenvalue weighted by Gasteiger charge is 2.09. The maximum Gasteiger partial charge on any atom is 0.220 e. The van der Waals surface area contributed by atoms with Gasteiger partial charge in [0.05, 0.1) is 0 Å². The molecule has 2 aromatic rings. The van der Waals surface area contributed by atoms with Crippen LogP contribution in [0.5, 0.6) is 0 Å². The Hall–Kier alpha value is -2.16. The molecule has 3 nitrogen and oxygen atoms in total. The first-order chi connectivity index (χ1) is 8.66. The van der Waals surface area contributed by atoms with Crippen LogP contribution in [0.25, 0.3) is 11.1 Å². The summed E-state index contributed by atoms with van der Waals surface area (Å²) >= 11 is 0. The van der Waals surface area contributed by atoms with Crippen LogP contribution in [0.1, 0.15) is 12.5 Å². The van der Waals surface area contributed by atoms with Crippen LogP contribution in [0.3, 0.4) is 0 Å². The molecule has 0 aliphatic carbocycles. The summed E-state index contributed by atoms with van der Waals surface area (Å²) in [5.74, 6) is -0.407. The second-order valence-corrected chi connectivity index (χ2v) is 4.45. The molecular weight excluding hydrogens is 224 g/mol. The van der Waals surface area contributed by atoms with E-state index in [1.54, 1.807) is 6.20 Å². The first-order valence-electron chi connectivity index (χ1n) is 5.95. The molecule has 1 unspecified atom stereocenters. The zero-order valence-corrected chi connectivity index (χ0v) is 10.3. The molecule has 0 saturated heterocycles. The van der Waals surface area contributed by atoms with Gasteiger partial charge in [-0.25, -0.2) is 0 Å². The minimum Gasteiger partial charge on any atom is -0.369 e. The number of rotatable bonds is 4. The summed E-state index contributed by atoms with van der Waals surface area (Å²) in [6.07, 6.45) is 4.25. The lowest BCUT2D eigenvalue weighted by Gasteiger charge is -2.09. The third-order valence-corrected chi connectivity index (χ3v) is 2.95. The fourth-order valence-electron chi connectivity index (χ4n) is 1.87. The summed E-state index contributed by atoms with van der Waals surface area (Å²) in [7, 11) is 0. The van der Waals surface area contributed by atoms with Gasteiger partial charge >= 0.3 is 0 Å². The van der Waals surface area contributed by atoms with Crippen molar-refractivity contribution in [1.29, 1.82) is 0 Å². The van der Waals surface area contributed by atoms with E-state index < -0.39 is 0 Å². The average molecular weight is 240 g/mol. The molecule has 0 aliphatic rings. The molecule has 2 rings (SSSR count). The van der Waals surface area contributed by atoms with Gasteiger partial charge in [0.15, 0.2) is 0 Å². The van der Waals surface area contributed by atoms with Crippen LogP contribution >= 0.6 is 0 Å². The fourth-order valence-corrected chi connectivity index (χ4v) is 1.87. The summed E-state index contributed by atoms with van der Waals surface area (Å²) in [5, 5.41) is 0. The summed E-state index contributed by atoms with van der Waals surface area (Å²) < 4.78 is 0. The Bertz CT molecular complexity index is 537. The van der Waals surface area contributed by atoms with Gasteiger partial charge in [0, 0.05) is 18.3 Å². The maximum absolute atomic E-state index is 11.1. The van der Waals surface area contributed by atoms with Crippen LogP contribution in [-0.4, -0.2) is 10.9 Å². The van der Waals surface area contributed by atoms with E-state index in [0.717, 1.165) is 16.7 Å². The summed E-state index contributed by atoms with van der Waals surface area (Å²) in [5.41, 5.74) is 8.58. The summed E-state index contributed by atoms with van der Waals surface area (Å²) in [4.78, 5) is 15.2. The van der Waals surface area contributed by atoms with E-state index in [9.17, 15) is 4.79 Å². The highest BCUT2D eigenvalue weighted by Crippen LogP contribution is 2.20. The molecule has 0 bridgehead atoms. The molecule has 18 heavy (non-hydrogen) atoms. The maximum atomic E-state index is 11.1. The van der Waals surface area contributed by atoms with Crippen molar-refractivity contribution in [3.8, 4) is 11.1 Å². The van der Waals surface area contributed by atoms with Crippen molar-refractivity contribution in [2.45, 2.75) is 13.3 Å². The van der Waals surface area contributed by atoms with Crippen LogP contribution in [-0.2, 0) is 11.2 Å². The number of benzene rings is 1. The van der Waals surface area contributed by atoms with Crippen molar-refractivity contribution < 1.29 is 4.79 Å². The number of nitrogens with zero attached hydrogens (tertiary/aromatic N) is 1. The smallest absolute Gasteiger partial charge is 0.220 e. The zero-order chi connectivity index (χ0) is 13.0. The SMILES string of the molecule is CC(Cc1cccc(-c2cccnc2)c1)C(N)=O. The second-order valence-electron chi connectivity index (χ2n) is 4.45. The molecule has 92 valence electrons. The minimum absolute atomic E-state index is 0.144. The Labute approximate surface area is 107 Å². The molecule has 1 atom stereocenters. The standard InChI is InChI=1S/C15H16N2O/c1-11(15(16)18)8-12-4-2-5-13(9-12)14-6-3-7-17-10-14/h2-7,9-11H,8H2,1H3,(H2,16,18). The Kier molecular flexibility index (Phi) is 3.72. The summed E-state index contributed by atoms with van der Waals surface area (Å²) in [6.45, 7) is 1.85. The summed E-state index contributed by atoms with van der Waals surface area (Å²) in [6, 6.07) is 12.0. The molecule has 1 amide bonds. The number of carbonyl (C=O) groups excluding carboxylic acids is 1. The Morgan fingerprint density at radius 2 is 2.06 bits per heavy atom. The average Bonchev–Trinajstić information content (AvgIpc) is 2.40. The highest BCUT2D eigenvalue weighted by atomic mass is 16.1. The third-order valence-electron chi connectivity index (χ3n) is 2.95. The predicted octanol–water partition coefficient (Wildman–Crippen LogP) is 2.41. The molecule has 3 heteroatoms. The van der Waals surface area contributed by atoms with E-state index in [1.807, 2.05) is 43.5 Å². The first-order valence-corrected chi connectivity index (χ1v) is 5.95. The van der Waals surface area contributed by atoms with Gasteiger partial charge in [-0.3, -0.25) is 9.78 Å². The molecule has 1 aromatic carbocycles. The van der Waals surface area contributed by atoms with Gasteiger partial charge in [0.1, 0.15) is 0 Å². The molecule has 0 aliphatic heterocycles. The second kappa shape index (κ2) is 5.45. The lowest BCUT2D eigenvalue weighted by molar-refractivity contribution is -0.121. The van der Waals surface area contributed by atoms with E-state index in [2.05, 4.69) is 11.1 Å². The fraction of sp³-hybridized carbons (Fsp3) is 0.200. The van der Waals surface area contributed by atoms with Gasteiger partial charge in [-0.05, 0) is 29.2 Å². The predicted molar refractivity (Wildman–Crippen MR) is 71.7 cm³/mol. The van der Waals surface area contributed by atoms with Crippen LogP contribution < -0.4 is 5.73 Å². The van der Waals surface area contributed by atoms with E-state index in [0.29, 0.717) is 6.42 Å². The molecular formula is C15H16N2O. The van der Waals surface area contributed by atoms with Crippen molar-refractivity contribution >= 4 is 5.91 Å². The minimum atomic E-state index is -0.262. The van der Waals surface area contributed by atoms with E-state index in [1.165, 1.54) is 0 Å². The van der Waals surface area contributed by atoms with Crippen LogP contribution in [0, 0.1) is 5.92 Å². The molecule has 0 radical (unpaired) electrons. The quantitative estimate of drug-likeness (QED) is 0.892. The molecule has 2 N–H and O–H groups in total.